The highest BCUT2D eigenvalue weighted by atomic mass is 16.5. The number of rotatable bonds is 2. The van der Waals surface area contributed by atoms with E-state index in [-0.39, 0.29) is 22.9 Å². The number of hydroxylamine groups is 2. The third-order valence-electron chi connectivity index (χ3n) is 2.21. The Morgan fingerprint density at radius 3 is 2.25 bits per heavy atom. The van der Waals surface area contributed by atoms with Crippen molar-refractivity contribution >= 4 is 17.7 Å². The van der Waals surface area contributed by atoms with Gasteiger partial charge in [0.1, 0.15) is 0 Å². The molecule has 0 bridgehead atoms. The lowest BCUT2D eigenvalue weighted by molar-refractivity contribution is -0.105. The molecule has 7 nitrogen and oxygen atoms in total. The summed E-state index contributed by atoms with van der Waals surface area (Å²) in [6.45, 7) is 0. The number of nitrogens with one attached hydrogen (secondary N) is 1. The first-order valence-electron chi connectivity index (χ1n) is 4.34. The molecule has 7 heteroatoms. The number of para-hydroxylation sites is 2. The summed E-state index contributed by atoms with van der Waals surface area (Å²) in [5.41, 5.74) is 7.04. The number of carbonyl (C=O) groups excluding carboxylic acids is 1. The molecular weight excluding hydrogens is 212 g/mol. The predicted octanol–water partition coefficient (Wildman–Crippen LogP) is 1.49. The van der Waals surface area contributed by atoms with Gasteiger partial charge in [0.25, 0.3) is 0 Å². The van der Waals surface area contributed by atoms with Crippen molar-refractivity contribution in [3.8, 4) is 0 Å². The minimum atomic E-state index is -0.337. The first kappa shape index (κ1) is 10.3. The molecule has 1 aliphatic heterocycles. The fourth-order valence-corrected chi connectivity index (χ4v) is 1.48. The second-order valence-corrected chi connectivity index (χ2v) is 3.05. The van der Waals surface area contributed by atoms with Gasteiger partial charge < -0.3 is 0 Å². The first-order chi connectivity index (χ1) is 7.70. The third kappa shape index (κ3) is 1.27. The standard InChI is InChI=1S/C9H8N4O3/c10-11-9-8(5-14)12(15)6-3-1-2-4-7(6)13(9)16/h1-5,10,15-16H. The summed E-state index contributed by atoms with van der Waals surface area (Å²) in [7, 11) is 0. The second-order valence-electron chi connectivity index (χ2n) is 3.05. The van der Waals surface area contributed by atoms with Crippen LogP contribution in [-0.4, -0.2) is 16.7 Å². The van der Waals surface area contributed by atoms with E-state index in [1.54, 1.807) is 12.1 Å². The van der Waals surface area contributed by atoms with Crippen LogP contribution in [0.4, 0.5) is 11.4 Å². The van der Waals surface area contributed by atoms with E-state index in [0.29, 0.717) is 16.4 Å². The van der Waals surface area contributed by atoms with E-state index in [9.17, 15) is 15.2 Å². The maximum Gasteiger partial charge on any atom is 0.208 e. The van der Waals surface area contributed by atoms with Crippen molar-refractivity contribution in [2.24, 2.45) is 5.11 Å². The van der Waals surface area contributed by atoms with Gasteiger partial charge in [-0.3, -0.25) is 15.2 Å². The molecule has 0 amide bonds. The van der Waals surface area contributed by atoms with Crippen molar-refractivity contribution in [1.82, 2.24) is 0 Å². The molecule has 1 heterocycles. The van der Waals surface area contributed by atoms with E-state index < -0.39 is 0 Å². The Bertz CT molecular complexity index is 442. The Kier molecular flexibility index (Phi) is 2.39. The molecule has 0 aromatic heterocycles. The van der Waals surface area contributed by atoms with Crippen LogP contribution in [0.15, 0.2) is 40.9 Å². The lowest BCUT2D eigenvalue weighted by atomic mass is 10.2. The molecule has 0 aliphatic carbocycles. The summed E-state index contributed by atoms with van der Waals surface area (Å²) in [6.07, 6.45) is 0.312. The van der Waals surface area contributed by atoms with Crippen LogP contribution in [-0.2, 0) is 4.79 Å². The van der Waals surface area contributed by atoms with Crippen LogP contribution < -0.4 is 10.1 Å². The highest BCUT2D eigenvalue weighted by Crippen LogP contribution is 2.36. The summed E-state index contributed by atoms with van der Waals surface area (Å²) in [5, 5.41) is 23.6. The van der Waals surface area contributed by atoms with Gasteiger partial charge in [-0.05, 0) is 12.1 Å². The van der Waals surface area contributed by atoms with E-state index in [4.69, 9.17) is 5.53 Å². The van der Waals surface area contributed by atoms with Crippen LogP contribution in [0.5, 0.6) is 0 Å². The molecule has 0 radical (unpaired) electrons. The lowest BCUT2D eigenvalue weighted by Crippen LogP contribution is -2.32. The van der Waals surface area contributed by atoms with E-state index in [2.05, 4.69) is 5.11 Å². The molecule has 1 aliphatic rings. The van der Waals surface area contributed by atoms with E-state index in [1.165, 1.54) is 12.1 Å². The molecule has 0 saturated heterocycles. The Labute approximate surface area is 90.2 Å². The van der Waals surface area contributed by atoms with Gasteiger partial charge >= 0.3 is 0 Å². The predicted molar refractivity (Wildman–Crippen MR) is 53.2 cm³/mol. The van der Waals surface area contributed by atoms with E-state index in [1.807, 2.05) is 0 Å². The molecule has 3 N–H and O–H groups in total. The molecule has 82 valence electrons. The van der Waals surface area contributed by atoms with Crippen molar-refractivity contribution in [1.29, 1.82) is 5.53 Å². The Morgan fingerprint density at radius 2 is 1.75 bits per heavy atom. The summed E-state index contributed by atoms with van der Waals surface area (Å²) < 4.78 is 0. The zero-order valence-corrected chi connectivity index (χ0v) is 8.03. The molecule has 0 spiro atoms. The minimum Gasteiger partial charge on any atom is -0.296 e. The number of carbonyl (C=O) groups is 1. The van der Waals surface area contributed by atoms with Gasteiger partial charge in [-0.15, -0.1) is 5.11 Å². The zero-order valence-electron chi connectivity index (χ0n) is 8.03. The quantitative estimate of drug-likeness (QED) is 0.517. The monoisotopic (exact) mass is 220 g/mol. The van der Waals surface area contributed by atoms with Crippen LogP contribution in [0.3, 0.4) is 0 Å². The van der Waals surface area contributed by atoms with Gasteiger partial charge in [-0.2, -0.15) is 0 Å². The molecule has 0 saturated carbocycles. The summed E-state index contributed by atoms with van der Waals surface area (Å²) >= 11 is 0. The highest BCUT2D eigenvalue weighted by molar-refractivity contribution is 5.88. The average Bonchev–Trinajstić information content (AvgIpc) is 2.33. The fourth-order valence-electron chi connectivity index (χ4n) is 1.48. The van der Waals surface area contributed by atoms with Gasteiger partial charge in [-0.1, -0.05) is 12.1 Å². The molecule has 1 aromatic carbocycles. The van der Waals surface area contributed by atoms with Gasteiger partial charge in [0.2, 0.25) is 5.82 Å². The summed E-state index contributed by atoms with van der Waals surface area (Å²) in [6, 6.07) is 6.32. The normalized spacial score (nSPS) is 14.9. The number of benzene rings is 1. The molecular formula is C9H8N4O3. The number of aldehydes is 1. The van der Waals surface area contributed by atoms with Crippen molar-refractivity contribution in [2.45, 2.75) is 0 Å². The number of fused-ring (bicyclic) bond motifs is 1. The van der Waals surface area contributed by atoms with Crippen molar-refractivity contribution < 1.29 is 15.2 Å². The van der Waals surface area contributed by atoms with Crippen LogP contribution in [0.25, 0.3) is 0 Å². The Morgan fingerprint density at radius 1 is 1.19 bits per heavy atom. The maximum atomic E-state index is 10.8. The van der Waals surface area contributed by atoms with Crippen LogP contribution in [0, 0.1) is 5.53 Å². The zero-order chi connectivity index (χ0) is 11.7. The number of nitrogens with zero attached hydrogens (tertiary/aromatic N) is 3. The molecule has 16 heavy (non-hydrogen) atoms. The molecule has 0 atom stereocenters. The van der Waals surface area contributed by atoms with Crippen LogP contribution in [0.2, 0.25) is 0 Å². The Hall–Kier alpha value is -2.25. The van der Waals surface area contributed by atoms with Crippen molar-refractivity contribution in [3.05, 3.63) is 35.8 Å². The molecule has 2 rings (SSSR count). The average molecular weight is 220 g/mol. The van der Waals surface area contributed by atoms with Crippen LogP contribution in [0.1, 0.15) is 0 Å². The fraction of sp³-hybridized carbons (Fsp3) is 0. The number of hydrogen-bond acceptors (Lipinski definition) is 7. The van der Waals surface area contributed by atoms with Gasteiger partial charge in [0, 0.05) is 0 Å². The molecule has 0 unspecified atom stereocenters. The van der Waals surface area contributed by atoms with Crippen molar-refractivity contribution in [2.75, 3.05) is 10.1 Å². The van der Waals surface area contributed by atoms with Crippen molar-refractivity contribution in [3.63, 3.8) is 0 Å². The second kappa shape index (κ2) is 3.72. The lowest BCUT2D eigenvalue weighted by Gasteiger charge is -2.30. The number of allylic oxidation sites excluding steroid dienone is 1. The highest BCUT2D eigenvalue weighted by Gasteiger charge is 2.29. The maximum absolute atomic E-state index is 10.8. The van der Waals surface area contributed by atoms with Gasteiger partial charge in [0.05, 0.1) is 11.4 Å². The SMILES string of the molecule is N=NC1=C(C=O)N(O)c2ccccc2N1O. The summed E-state index contributed by atoms with van der Waals surface area (Å²) in [4.78, 5) is 10.8. The Balaban J connectivity index is 2.66. The minimum absolute atomic E-state index is 0.236. The van der Waals surface area contributed by atoms with Gasteiger partial charge in [-0.25, -0.2) is 15.7 Å². The first-order valence-corrected chi connectivity index (χ1v) is 4.34. The third-order valence-corrected chi connectivity index (χ3v) is 2.21. The smallest absolute Gasteiger partial charge is 0.208 e. The summed E-state index contributed by atoms with van der Waals surface area (Å²) in [5.74, 6) is -0.337. The molecule has 1 aromatic rings. The largest absolute Gasteiger partial charge is 0.296 e. The molecule has 0 fully saturated rings. The van der Waals surface area contributed by atoms with E-state index in [0.717, 1.165) is 0 Å². The number of hydrogen-bond donors (Lipinski definition) is 3. The topological polar surface area (TPSA) is 100 Å². The van der Waals surface area contributed by atoms with Gasteiger partial charge in [0.15, 0.2) is 12.0 Å². The van der Waals surface area contributed by atoms with Crippen LogP contribution >= 0.6 is 0 Å². The van der Waals surface area contributed by atoms with E-state index >= 15 is 0 Å². The number of anilines is 2.